The first-order chi connectivity index (χ1) is 8.73. The van der Waals surface area contributed by atoms with Crippen LogP contribution in [0.1, 0.15) is 29.5 Å². The van der Waals surface area contributed by atoms with E-state index in [9.17, 15) is 5.11 Å². The number of nitrogens with zero attached hydrogens (tertiary/aromatic N) is 1. The van der Waals surface area contributed by atoms with Crippen LogP contribution in [0, 0.1) is 0 Å². The molecule has 4 nitrogen and oxygen atoms in total. The van der Waals surface area contributed by atoms with Gasteiger partial charge in [0.2, 0.25) is 0 Å². The van der Waals surface area contributed by atoms with Gasteiger partial charge in [-0.25, -0.2) is 0 Å². The summed E-state index contributed by atoms with van der Waals surface area (Å²) in [6.07, 6.45) is 3.33. The Bertz CT molecular complexity index is 641. The predicted molar refractivity (Wildman–Crippen MR) is 66.9 cm³/mol. The number of benzene rings is 1. The fourth-order valence-electron chi connectivity index (χ4n) is 3.07. The molecule has 1 fully saturated rings. The van der Waals surface area contributed by atoms with Crippen LogP contribution < -0.4 is 5.73 Å². The number of aromatic nitrogens is 1. The molecule has 1 saturated carbocycles. The minimum atomic E-state index is 0.0409. The maximum absolute atomic E-state index is 9.27. The summed E-state index contributed by atoms with van der Waals surface area (Å²) in [6, 6.07) is 6.11. The molecular formula is C14H14N2O2. The SMILES string of the molecule is Nc1noc2c1CC1(CC1)c1ccc(CO)cc1-2. The second-order valence-corrected chi connectivity index (χ2v) is 5.37. The van der Waals surface area contributed by atoms with Crippen LogP contribution in [0.25, 0.3) is 11.3 Å². The summed E-state index contributed by atoms with van der Waals surface area (Å²) < 4.78 is 5.38. The normalized spacial score (nSPS) is 18.5. The van der Waals surface area contributed by atoms with E-state index in [0.29, 0.717) is 5.82 Å². The quantitative estimate of drug-likeness (QED) is 0.802. The van der Waals surface area contributed by atoms with Gasteiger partial charge in [-0.15, -0.1) is 0 Å². The van der Waals surface area contributed by atoms with Crippen molar-refractivity contribution in [3.63, 3.8) is 0 Å². The highest BCUT2D eigenvalue weighted by Crippen LogP contribution is 2.58. The maximum Gasteiger partial charge on any atom is 0.172 e. The van der Waals surface area contributed by atoms with Gasteiger partial charge in [0.05, 0.1) is 6.61 Å². The first-order valence-corrected chi connectivity index (χ1v) is 6.22. The minimum Gasteiger partial charge on any atom is -0.392 e. The van der Waals surface area contributed by atoms with Crippen LogP contribution in [0.2, 0.25) is 0 Å². The number of anilines is 1. The molecule has 0 amide bonds. The van der Waals surface area contributed by atoms with Gasteiger partial charge in [-0.05, 0) is 36.5 Å². The summed E-state index contributed by atoms with van der Waals surface area (Å²) >= 11 is 0. The van der Waals surface area contributed by atoms with Gasteiger partial charge < -0.3 is 15.4 Å². The van der Waals surface area contributed by atoms with Crippen molar-refractivity contribution < 1.29 is 9.63 Å². The summed E-state index contributed by atoms with van der Waals surface area (Å²) in [7, 11) is 0. The van der Waals surface area contributed by atoms with E-state index >= 15 is 0 Å². The average Bonchev–Trinajstić information content (AvgIpc) is 3.07. The van der Waals surface area contributed by atoms with Crippen LogP contribution in [-0.2, 0) is 18.4 Å². The van der Waals surface area contributed by atoms with Crippen molar-refractivity contribution >= 4 is 5.82 Å². The van der Waals surface area contributed by atoms with Crippen molar-refractivity contribution in [2.45, 2.75) is 31.3 Å². The van der Waals surface area contributed by atoms with Gasteiger partial charge in [-0.3, -0.25) is 0 Å². The fourth-order valence-corrected chi connectivity index (χ4v) is 3.07. The molecule has 2 aromatic rings. The largest absolute Gasteiger partial charge is 0.392 e. The second-order valence-electron chi connectivity index (χ2n) is 5.37. The van der Waals surface area contributed by atoms with Gasteiger partial charge in [0.15, 0.2) is 11.6 Å². The molecule has 4 rings (SSSR count). The Kier molecular flexibility index (Phi) is 1.77. The molecular weight excluding hydrogens is 228 g/mol. The van der Waals surface area contributed by atoms with E-state index < -0.39 is 0 Å². The molecule has 4 heteroatoms. The summed E-state index contributed by atoms with van der Waals surface area (Å²) in [5.41, 5.74) is 10.4. The molecule has 1 aromatic heterocycles. The van der Waals surface area contributed by atoms with E-state index in [1.54, 1.807) is 0 Å². The smallest absolute Gasteiger partial charge is 0.172 e. The van der Waals surface area contributed by atoms with Crippen molar-refractivity contribution in [1.29, 1.82) is 0 Å². The Morgan fingerprint density at radius 3 is 2.94 bits per heavy atom. The Labute approximate surface area is 104 Å². The zero-order chi connectivity index (χ0) is 12.3. The lowest BCUT2D eigenvalue weighted by Gasteiger charge is -2.24. The number of nitrogen functional groups attached to an aromatic ring is 1. The third kappa shape index (κ3) is 1.16. The van der Waals surface area contributed by atoms with Crippen LogP contribution in [0.15, 0.2) is 22.7 Å². The lowest BCUT2D eigenvalue weighted by atomic mass is 9.79. The number of nitrogens with two attached hydrogens (primary N) is 1. The fraction of sp³-hybridized carbons (Fsp3) is 0.357. The topological polar surface area (TPSA) is 72.3 Å². The number of hydrogen-bond donors (Lipinski definition) is 2. The molecule has 2 aliphatic carbocycles. The highest BCUT2D eigenvalue weighted by molar-refractivity contribution is 5.75. The summed E-state index contributed by atoms with van der Waals surface area (Å²) in [5.74, 6) is 1.30. The lowest BCUT2D eigenvalue weighted by Crippen LogP contribution is -2.17. The van der Waals surface area contributed by atoms with Crippen molar-refractivity contribution in [2.75, 3.05) is 5.73 Å². The maximum atomic E-state index is 9.27. The van der Waals surface area contributed by atoms with Crippen molar-refractivity contribution in [1.82, 2.24) is 5.16 Å². The monoisotopic (exact) mass is 242 g/mol. The minimum absolute atomic E-state index is 0.0409. The van der Waals surface area contributed by atoms with E-state index in [1.165, 1.54) is 18.4 Å². The summed E-state index contributed by atoms with van der Waals surface area (Å²) in [4.78, 5) is 0. The third-order valence-corrected chi connectivity index (χ3v) is 4.27. The molecule has 1 spiro atoms. The number of fused-ring (bicyclic) bond motifs is 4. The molecule has 0 atom stereocenters. The zero-order valence-corrected chi connectivity index (χ0v) is 9.94. The molecule has 18 heavy (non-hydrogen) atoms. The zero-order valence-electron chi connectivity index (χ0n) is 9.94. The van der Waals surface area contributed by atoms with E-state index in [-0.39, 0.29) is 12.0 Å². The standard InChI is InChI=1S/C14H14N2O2/c15-13-10-6-14(3-4-14)11-2-1-8(7-17)5-9(11)12(10)18-16-13/h1-2,5,17H,3-4,6-7H2,(H2,15,16). The molecule has 0 aliphatic heterocycles. The molecule has 0 bridgehead atoms. The number of hydrogen-bond acceptors (Lipinski definition) is 4. The lowest BCUT2D eigenvalue weighted by molar-refractivity contribution is 0.282. The van der Waals surface area contributed by atoms with Crippen molar-refractivity contribution in [2.24, 2.45) is 0 Å². The Hall–Kier alpha value is -1.81. The first-order valence-electron chi connectivity index (χ1n) is 6.22. The average molecular weight is 242 g/mol. The van der Waals surface area contributed by atoms with Crippen molar-refractivity contribution in [3.8, 4) is 11.3 Å². The molecule has 1 aromatic carbocycles. The third-order valence-electron chi connectivity index (χ3n) is 4.27. The van der Waals surface area contributed by atoms with Gasteiger partial charge in [-0.1, -0.05) is 17.3 Å². The molecule has 1 heterocycles. The van der Waals surface area contributed by atoms with Gasteiger partial charge in [0.25, 0.3) is 0 Å². The van der Waals surface area contributed by atoms with E-state index in [4.69, 9.17) is 10.3 Å². The summed E-state index contributed by atoms with van der Waals surface area (Å²) in [6.45, 7) is 0.0409. The molecule has 0 radical (unpaired) electrons. The second kappa shape index (κ2) is 3.14. The number of aliphatic hydroxyl groups excluding tert-OH is 1. The van der Waals surface area contributed by atoms with E-state index in [0.717, 1.165) is 28.9 Å². The molecule has 92 valence electrons. The summed E-state index contributed by atoms with van der Waals surface area (Å²) in [5, 5.41) is 13.2. The van der Waals surface area contributed by atoms with Crippen LogP contribution in [-0.4, -0.2) is 10.3 Å². The van der Waals surface area contributed by atoms with Crippen molar-refractivity contribution in [3.05, 3.63) is 34.9 Å². The Balaban J connectivity index is 2.00. The van der Waals surface area contributed by atoms with Gasteiger partial charge in [0.1, 0.15) is 0 Å². The van der Waals surface area contributed by atoms with Crippen LogP contribution >= 0.6 is 0 Å². The Morgan fingerprint density at radius 1 is 1.39 bits per heavy atom. The first kappa shape index (κ1) is 10.1. The van der Waals surface area contributed by atoms with E-state index in [2.05, 4.69) is 11.2 Å². The molecule has 0 unspecified atom stereocenters. The number of rotatable bonds is 1. The van der Waals surface area contributed by atoms with Gasteiger partial charge in [0, 0.05) is 16.5 Å². The van der Waals surface area contributed by atoms with Crippen LogP contribution in [0.5, 0.6) is 0 Å². The van der Waals surface area contributed by atoms with Crippen LogP contribution in [0.3, 0.4) is 0 Å². The highest BCUT2D eigenvalue weighted by atomic mass is 16.5. The molecule has 2 aliphatic rings. The predicted octanol–water partition coefficient (Wildman–Crippen LogP) is 2.00. The molecule has 0 saturated heterocycles. The van der Waals surface area contributed by atoms with Gasteiger partial charge >= 0.3 is 0 Å². The van der Waals surface area contributed by atoms with E-state index in [1.807, 2.05) is 12.1 Å². The van der Waals surface area contributed by atoms with Crippen LogP contribution in [0.4, 0.5) is 5.82 Å². The van der Waals surface area contributed by atoms with Gasteiger partial charge in [-0.2, -0.15) is 0 Å². The highest BCUT2D eigenvalue weighted by Gasteiger charge is 2.50. The number of aliphatic hydroxyl groups is 1. The Morgan fingerprint density at radius 2 is 2.22 bits per heavy atom. The molecule has 3 N–H and O–H groups in total.